The second kappa shape index (κ2) is 8.37. The van der Waals surface area contributed by atoms with Crippen molar-refractivity contribution in [3.05, 3.63) is 89.3 Å². The van der Waals surface area contributed by atoms with Gasteiger partial charge in [-0.1, -0.05) is 54.6 Å². The lowest BCUT2D eigenvalue weighted by Crippen LogP contribution is -2.23. The number of thioether (sulfide) groups is 1. The Balaban J connectivity index is 1.56. The van der Waals surface area contributed by atoms with Gasteiger partial charge in [-0.25, -0.2) is 4.99 Å². The molecule has 1 heterocycles. The van der Waals surface area contributed by atoms with Crippen LogP contribution in [0, 0.1) is 0 Å². The fraction of sp³-hybridized carbons (Fsp3) is 0.0833. The van der Waals surface area contributed by atoms with Crippen molar-refractivity contribution in [1.29, 1.82) is 0 Å². The molecule has 29 heavy (non-hydrogen) atoms. The van der Waals surface area contributed by atoms with Crippen LogP contribution in [0.25, 0.3) is 17.2 Å². The number of nitrogens with zero attached hydrogens (tertiary/aromatic N) is 2. The van der Waals surface area contributed by atoms with Crippen molar-refractivity contribution in [2.75, 3.05) is 14.2 Å². The van der Waals surface area contributed by atoms with Crippen LogP contribution in [0.2, 0.25) is 0 Å². The van der Waals surface area contributed by atoms with Crippen molar-refractivity contribution in [1.82, 2.24) is 4.90 Å². The van der Waals surface area contributed by atoms with Gasteiger partial charge in [-0.2, -0.15) is 0 Å². The Labute approximate surface area is 174 Å². The highest BCUT2D eigenvalue weighted by molar-refractivity contribution is 8.18. The molecule has 0 spiro atoms. The number of methoxy groups -OCH3 is 1. The number of hydrogen-bond acceptors (Lipinski definition) is 4. The maximum atomic E-state index is 12.6. The highest BCUT2D eigenvalue weighted by Crippen LogP contribution is 2.33. The van der Waals surface area contributed by atoms with Gasteiger partial charge in [0.15, 0.2) is 5.17 Å². The van der Waals surface area contributed by atoms with Gasteiger partial charge in [0, 0.05) is 7.05 Å². The van der Waals surface area contributed by atoms with Crippen LogP contribution in [0.1, 0.15) is 5.56 Å². The number of para-hydroxylation sites is 1. The van der Waals surface area contributed by atoms with E-state index in [1.807, 2.05) is 84.9 Å². The average Bonchev–Trinajstić information content (AvgIpc) is 3.03. The summed E-state index contributed by atoms with van der Waals surface area (Å²) < 4.78 is 5.30. The topological polar surface area (TPSA) is 41.9 Å². The van der Waals surface area contributed by atoms with Gasteiger partial charge in [0.05, 0.1) is 17.7 Å². The lowest BCUT2D eigenvalue weighted by molar-refractivity contribution is -0.121. The summed E-state index contributed by atoms with van der Waals surface area (Å²) in [6, 6.07) is 25.7. The maximum Gasteiger partial charge on any atom is 0.266 e. The number of likely N-dealkylation sites (N-methyl/N-ethyl adjacent to an activating group) is 1. The minimum Gasteiger partial charge on any atom is -0.497 e. The Bertz CT molecular complexity index is 1090. The van der Waals surface area contributed by atoms with Gasteiger partial charge in [-0.3, -0.25) is 9.69 Å². The van der Waals surface area contributed by atoms with Gasteiger partial charge in [-0.15, -0.1) is 0 Å². The molecule has 4 rings (SSSR count). The van der Waals surface area contributed by atoms with Crippen LogP contribution in [-0.2, 0) is 4.79 Å². The molecule has 0 aromatic heterocycles. The molecule has 0 radical (unpaired) electrons. The summed E-state index contributed by atoms with van der Waals surface area (Å²) in [6.45, 7) is 0. The normalized spacial score (nSPS) is 16.6. The van der Waals surface area contributed by atoms with Gasteiger partial charge < -0.3 is 4.74 Å². The highest BCUT2D eigenvalue weighted by atomic mass is 32.2. The van der Waals surface area contributed by atoms with Crippen LogP contribution in [0.5, 0.6) is 5.75 Å². The maximum absolute atomic E-state index is 12.6. The minimum atomic E-state index is -0.0402. The third kappa shape index (κ3) is 4.25. The summed E-state index contributed by atoms with van der Waals surface area (Å²) in [7, 11) is 3.42. The molecule has 0 N–H and O–H groups in total. The first kappa shape index (κ1) is 19.0. The number of amidine groups is 1. The van der Waals surface area contributed by atoms with E-state index in [2.05, 4.69) is 4.99 Å². The van der Waals surface area contributed by atoms with E-state index in [0.717, 1.165) is 28.1 Å². The summed E-state index contributed by atoms with van der Waals surface area (Å²) in [5, 5.41) is 0.681. The van der Waals surface area contributed by atoms with E-state index in [4.69, 9.17) is 4.74 Å². The van der Waals surface area contributed by atoms with E-state index in [1.165, 1.54) is 11.8 Å². The molecule has 144 valence electrons. The predicted molar refractivity (Wildman–Crippen MR) is 120 cm³/mol. The zero-order valence-corrected chi connectivity index (χ0v) is 17.0. The van der Waals surface area contributed by atoms with E-state index < -0.39 is 0 Å². The summed E-state index contributed by atoms with van der Waals surface area (Å²) >= 11 is 1.39. The summed E-state index contributed by atoms with van der Waals surface area (Å²) in [5.41, 5.74) is 3.99. The molecule has 5 heteroatoms. The second-order valence-electron chi connectivity index (χ2n) is 6.56. The first-order valence-electron chi connectivity index (χ1n) is 9.20. The largest absolute Gasteiger partial charge is 0.497 e. The van der Waals surface area contributed by atoms with Gasteiger partial charge in [0.1, 0.15) is 5.75 Å². The van der Waals surface area contributed by atoms with Crippen molar-refractivity contribution < 1.29 is 9.53 Å². The first-order valence-corrected chi connectivity index (χ1v) is 10.0. The van der Waals surface area contributed by atoms with Gasteiger partial charge >= 0.3 is 0 Å². The molecule has 0 saturated carbocycles. The molecule has 1 fully saturated rings. The second-order valence-corrected chi connectivity index (χ2v) is 7.57. The minimum absolute atomic E-state index is 0.0402. The Kier molecular flexibility index (Phi) is 5.49. The van der Waals surface area contributed by atoms with Gasteiger partial charge in [0.25, 0.3) is 5.91 Å². The van der Waals surface area contributed by atoms with E-state index in [1.54, 1.807) is 19.1 Å². The Hall–Kier alpha value is -3.31. The Morgan fingerprint density at radius 3 is 2.41 bits per heavy atom. The van der Waals surface area contributed by atoms with Crippen molar-refractivity contribution in [2.45, 2.75) is 0 Å². The lowest BCUT2D eigenvalue weighted by atomic mass is 10.0. The predicted octanol–water partition coefficient (Wildman–Crippen LogP) is 5.60. The lowest BCUT2D eigenvalue weighted by Gasteiger charge is -2.07. The Morgan fingerprint density at radius 1 is 0.931 bits per heavy atom. The number of hydrogen-bond donors (Lipinski definition) is 0. The smallest absolute Gasteiger partial charge is 0.266 e. The van der Waals surface area contributed by atoms with Crippen LogP contribution in [0.15, 0.2) is 88.8 Å². The number of amides is 1. The zero-order valence-electron chi connectivity index (χ0n) is 16.2. The molecule has 4 nitrogen and oxygen atoms in total. The quantitative estimate of drug-likeness (QED) is 0.536. The molecular weight excluding hydrogens is 380 g/mol. The summed E-state index contributed by atoms with van der Waals surface area (Å²) in [5.74, 6) is 0.788. The van der Waals surface area contributed by atoms with E-state index in [-0.39, 0.29) is 5.91 Å². The van der Waals surface area contributed by atoms with Crippen LogP contribution in [0.3, 0.4) is 0 Å². The molecule has 0 bridgehead atoms. The molecule has 1 aliphatic heterocycles. The monoisotopic (exact) mass is 400 g/mol. The third-order valence-corrected chi connectivity index (χ3v) is 5.66. The van der Waals surface area contributed by atoms with Crippen molar-refractivity contribution in [2.24, 2.45) is 4.99 Å². The van der Waals surface area contributed by atoms with E-state index in [0.29, 0.717) is 10.1 Å². The molecule has 3 aromatic rings. The first-order chi connectivity index (χ1) is 14.1. The van der Waals surface area contributed by atoms with Gasteiger partial charge in [0.2, 0.25) is 0 Å². The number of carbonyl (C=O) groups is 1. The van der Waals surface area contributed by atoms with Gasteiger partial charge in [-0.05, 0) is 58.8 Å². The number of aliphatic imine (C=N–C) groups is 1. The number of carbonyl (C=O) groups excluding carboxylic acids is 1. The highest BCUT2D eigenvalue weighted by Gasteiger charge is 2.30. The molecular formula is C24H20N2O2S. The third-order valence-electron chi connectivity index (χ3n) is 4.60. The molecule has 3 aromatic carbocycles. The SMILES string of the molecule is COc1cccc(-c2ccc(/C=C3\SC(=Nc4ccccc4)N(C)C3=O)cc2)c1. The molecule has 1 saturated heterocycles. The van der Waals surface area contributed by atoms with Crippen LogP contribution in [-0.4, -0.2) is 30.1 Å². The zero-order chi connectivity index (χ0) is 20.2. The standard InChI is InChI=1S/C24H20N2O2S/c1-26-23(27)22(29-24(26)25-20-8-4-3-5-9-20)15-17-11-13-18(14-12-17)19-7-6-10-21(16-19)28-2/h3-16H,1-2H3/b22-15-,25-24?. The number of rotatable bonds is 4. The molecule has 0 atom stereocenters. The van der Waals surface area contributed by atoms with Crippen LogP contribution < -0.4 is 4.74 Å². The fourth-order valence-electron chi connectivity index (χ4n) is 2.99. The number of ether oxygens (including phenoxy) is 1. The van der Waals surface area contributed by atoms with Crippen molar-refractivity contribution >= 4 is 34.6 Å². The van der Waals surface area contributed by atoms with E-state index >= 15 is 0 Å². The number of benzene rings is 3. The van der Waals surface area contributed by atoms with Crippen LogP contribution >= 0.6 is 11.8 Å². The van der Waals surface area contributed by atoms with Crippen molar-refractivity contribution in [3.63, 3.8) is 0 Å². The molecule has 1 aliphatic rings. The Morgan fingerprint density at radius 2 is 1.69 bits per heavy atom. The summed E-state index contributed by atoms with van der Waals surface area (Å²) in [6.07, 6.45) is 1.91. The molecule has 0 aliphatic carbocycles. The average molecular weight is 401 g/mol. The molecule has 1 amide bonds. The van der Waals surface area contributed by atoms with E-state index in [9.17, 15) is 4.79 Å². The fourth-order valence-corrected chi connectivity index (χ4v) is 3.98. The summed E-state index contributed by atoms with van der Waals surface area (Å²) in [4.78, 5) is 19.4. The van der Waals surface area contributed by atoms with Crippen LogP contribution in [0.4, 0.5) is 5.69 Å². The molecule has 0 unspecified atom stereocenters. The van der Waals surface area contributed by atoms with Crippen molar-refractivity contribution in [3.8, 4) is 16.9 Å².